The van der Waals surface area contributed by atoms with Gasteiger partial charge in [-0.1, -0.05) is 26.2 Å². The third-order valence-corrected chi connectivity index (χ3v) is 4.84. The molecule has 2 fully saturated rings. The normalized spacial score (nSPS) is 29.6. The molecule has 1 aliphatic heterocycles. The molecule has 1 amide bonds. The number of likely N-dealkylation sites (N-methyl/N-ethyl adjacent to an activating group) is 1. The first-order valence-corrected chi connectivity index (χ1v) is 7.70. The van der Waals surface area contributed by atoms with Crippen LogP contribution in [0.4, 0.5) is 0 Å². The van der Waals surface area contributed by atoms with Crippen molar-refractivity contribution in [2.24, 2.45) is 5.41 Å². The van der Waals surface area contributed by atoms with Crippen LogP contribution in [0.25, 0.3) is 0 Å². The number of amides is 1. The molecule has 0 radical (unpaired) electrons. The second kappa shape index (κ2) is 5.80. The highest BCUT2D eigenvalue weighted by Gasteiger charge is 2.43. The number of hydrogen-bond donors (Lipinski definition) is 2. The van der Waals surface area contributed by atoms with Crippen LogP contribution < -0.4 is 5.32 Å². The standard InChI is InChI=1S/C15H28N2O2/c1-3-6-14(9-10-16-11-14)13(18)17(2)12-15(19)7-4-5-8-15/h16,19H,3-12H2,1-2H3. The average Bonchev–Trinajstić information content (AvgIpc) is 2.99. The first-order chi connectivity index (χ1) is 9.01. The number of carbonyl (C=O) groups is 1. The lowest BCUT2D eigenvalue weighted by atomic mass is 9.81. The largest absolute Gasteiger partial charge is 0.388 e. The van der Waals surface area contributed by atoms with Gasteiger partial charge in [-0.05, 0) is 32.2 Å². The number of rotatable bonds is 5. The van der Waals surface area contributed by atoms with Crippen molar-refractivity contribution < 1.29 is 9.90 Å². The van der Waals surface area contributed by atoms with Crippen molar-refractivity contribution in [3.63, 3.8) is 0 Å². The van der Waals surface area contributed by atoms with E-state index in [0.29, 0.717) is 6.54 Å². The number of nitrogens with one attached hydrogen (secondary N) is 1. The molecule has 2 N–H and O–H groups in total. The minimum Gasteiger partial charge on any atom is -0.388 e. The average molecular weight is 268 g/mol. The first-order valence-electron chi connectivity index (χ1n) is 7.70. The zero-order chi connectivity index (χ0) is 13.9. The lowest BCUT2D eigenvalue weighted by Crippen LogP contribution is -2.49. The topological polar surface area (TPSA) is 52.6 Å². The quantitative estimate of drug-likeness (QED) is 0.795. The molecule has 2 rings (SSSR count). The summed E-state index contributed by atoms with van der Waals surface area (Å²) in [5.41, 5.74) is -0.859. The molecule has 4 nitrogen and oxygen atoms in total. The molecule has 4 heteroatoms. The van der Waals surface area contributed by atoms with Gasteiger partial charge in [0.1, 0.15) is 0 Å². The summed E-state index contributed by atoms with van der Waals surface area (Å²) in [6.45, 7) is 4.36. The second-order valence-electron chi connectivity index (χ2n) is 6.55. The summed E-state index contributed by atoms with van der Waals surface area (Å²) in [5.74, 6) is 0.222. The highest BCUT2D eigenvalue weighted by Crippen LogP contribution is 2.35. The molecule has 0 aromatic carbocycles. The van der Waals surface area contributed by atoms with Gasteiger partial charge >= 0.3 is 0 Å². The minimum absolute atomic E-state index is 0.222. The summed E-state index contributed by atoms with van der Waals surface area (Å²) in [6.07, 6.45) is 6.75. The monoisotopic (exact) mass is 268 g/mol. The maximum absolute atomic E-state index is 12.8. The lowest BCUT2D eigenvalue weighted by molar-refractivity contribution is -0.143. The predicted octanol–water partition coefficient (Wildman–Crippen LogP) is 1.53. The van der Waals surface area contributed by atoms with E-state index < -0.39 is 5.60 Å². The Balaban J connectivity index is 2.00. The van der Waals surface area contributed by atoms with Gasteiger partial charge in [-0.15, -0.1) is 0 Å². The van der Waals surface area contributed by atoms with E-state index in [1.165, 1.54) is 0 Å². The molecule has 1 saturated carbocycles. The highest BCUT2D eigenvalue weighted by molar-refractivity contribution is 5.83. The van der Waals surface area contributed by atoms with E-state index in [1.54, 1.807) is 4.90 Å². The van der Waals surface area contributed by atoms with Crippen molar-refractivity contribution in [2.75, 3.05) is 26.7 Å². The lowest BCUT2D eigenvalue weighted by Gasteiger charge is -2.35. The fraction of sp³-hybridized carbons (Fsp3) is 0.933. The fourth-order valence-corrected chi connectivity index (χ4v) is 3.83. The summed E-state index contributed by atoms with van der Waals surface area (Å²) in [5, 5.41) is 13.8. The molecule has 19 heavy (non-hydrogen) atoms. The Bertz CT molecular complexity index is 318. The summed E-state index contributed by atoms with van der Waals surface area (Å²) < 4.78 is 0. The molecule has 110 valence electrons. The van der Waals surface area contributed by atoms with Gasteiger partial charge in [-0.3, -0.25) is 4.79 Å². The number of hydrogen-bond acceptors (Lipinski definition) is 3. The zero-order valence-corrected chi connectivity index (χ0v) is 12.4. The van der Waals surface area contributed by atoms with E-state index in [4.69, 9.17) is 0 Å². The van der Waals surface area contributed by atoms with Crippen molar-refractivity contribution in [1.29, 1.82) is 0 Å². The third kappa shape index (κ3) is 3.11. The van der Waals surface area contributed by atoms with Gasteiger partial charge in [0, 0.05) is 20.1 Å². The molecular weight excluding hydrogens is 240 g/mol. The minimum atomic E-state index is -0.635. The van der Waals surface area contributed by atoms with E-state index in [0.717, 1.165) is 58.0 Å². The molecule has 1 atom stereocenters. The van der Waals surface area contributed by atoms with Crippen molar-refractivity contribution in [3.05, 3.63) is 0 Å². The molecule has 1 saturated heterocycles. The van der Waals surface area contributed by atoms with Gasteiger partial charge < -0.3 is 15.3 Å². The number of nitrogens with zero attached hydrogens (tertiary/aromatic N) is 1. The van der Waals surface area contributed by atoms with Gasteiger partial charge in [0.25, 0.3) is 0 Å². The molecule has 1 aliphatic carbocycles. The van der Waals surface area contributed by atoms with Crippen LogP contribution in [-0.2, 0) is 4.79 Å². The first kappa shape index (κ1) is 14.8. The van der Waals surface area contributed by atoms with Gasteiger partial charge in [0.2, 0.25) is 5.91 Å². The van der Waals surface area contributed by atoms with Crippen molar-refractivity contribution in [1.82, 2.24) is 10.2 Å². The van der Waals surface area contributed by atoms with Crippen molar-refractivity contribution >= 4 is 5.91 Å². The number of aliphatic hydroxyl groups is 1. The van der Waals surface area contributed by atoms with Crippen LogP contribution in [0.2, 0.25) is 0 Å². The molecule has 0 spiro atoms. The van der Waals surface area contributed by atoms with Gasteiger partial charge in [-0.25, -0.2) is 0 Å². The highest BCUT2D eigenvalue weighted by atomic mass is 16.3. The maximum atomic E-state index is 12.8. The molecule has 1 heterocycles. The zero-order valence-electron chi connectivity index (χ0n) is 12.4. The fourth-order valence-electron chi connectivity index (χ4n) is 3.83. The molecule has 0 aromatic rings. The predicted molar refractivity (Wildman–Crippen MR) is 75.9 cm³/mol. The Labute approximate surface area is 116 Å². The van der Waals surface area contributed by atoms with E-state index in [1.807, 2.05) is 7.05 Å². The summed E-state index contributed by atoms with van der Waals surface area (Å²) in [4.78, 5) is 14.5. The smallest absolute Gasteiger partial charge is 0.229 e. The van der Waals surface area contributed by atoms with Gasteiger partial charge in [0.15, 0.2) is 0 Å². The van der Waals surface area contributed by atoms with Crippen LogP contribution in [-0.4, -0.2) is 48.2 Å². The maximum Gasteiger partial charge on any atom is 0.229 e. The Kier molecular flexibility index (Phi) is 4.51. The van der Waals surface area contributed by atoms with E-state index in [-0.39, 0.29) is 11.3 Å². The van der Waals surface area contributed by atoms with E-state index in [9.17, 15) is 9.90 Å². The summed E-state index contributed by atoms with van der Waals surface area (Å²) in [6, 6.07) is 0. The Hall–Kier alpha value is -0.610. The molecular formula is C15H28N2O2. The van der Waals surface area contributed by atoms with Crippen LogP contribution in [0.3, 0.4) is 0 Å². The molecule has 2 aliphatic rings. The third-order valence-electron chi connectivity index (χ3n) is 4.84. The summed E-state index contributed by atoms with van der Waals surface area (Å²) >= 11 is 0. The van der Waals surface area contributed by atoms with Crippen LogP contribution in [0.5, 0.6) is 0 Å². The van der Waals surface area contributed by atoms with Crippen LogP contribution in [0.15, 0.2) is 0 Å². The molecule has 0 bridgehead atoms. The number of carbonyl (C=O) groups excluding carboxylic acids is 1. The van der Waals surface area contributed by atoms with Crippen LogP contribution in [0.1, 0.15) is 51.9 Å². The molecule has 0 aromatic heterocycles. The van der Waals surface area contributed by atoms with Crippen molar-refractivity contribution in [2.45, 2.75) is 57.5 Å². The second-order valence-corrected chi connectivity index (χ2v) is 6.55. The Morgan fingerprint density at radius 1 is 1.32 bits per heavy atom. The summed E-state index contributed by atoms with van der Waals surface area (Å²) in [7, 11) is 1.86. The van der Waals surface area contributed by atoms with Crippen LogP contribution in [0, 0.1) is 5.41 Å². The Morgan fingerprint density at radius 2 is 2.00 bits per heavy atom. The molecule has 1 unspecified atom stereocenters. The van der Waals surface area contributed by atoms with Crippen LogP contribution >= 0.6 is 0 Å². The van der Waals surface area contributed by atoms with Gasteiger partial charge in [0.05, 0.1) is 11.0 Å². The van der Waals surface area contributed by atoms with Gasteiger partial charge in [-0.2, -0.15) is 0 Å². The SMILES string of the molecule is CCCC1(C(=O)N(C)CC2(O)CCCC2)CCNC1. The van der Waals surface area contributed by atoms with E-state index >= 15 is 0 Å². The Morgan fingerprint density at radius 3 is 2.53 bits per heavy atom. The van der Waals surface area contributed by atoms with Crippen molar-refractivity contribution in [3.8, 4) is 0 Å². The van der Waals surface area contributed by atoms with E-state index in [2.05, 4.69) is 12.2 Å².